The van der Waals surface area contributed by atoms with Gasteiger partial charge in [-0.3, -0.25) is 9.36 Å². The molecule has 3 aromatic rings. The summed E-state index contributed by atoms with van der Waals surface area (Å²) in [5.41, 5.74) is 0.735. The molecule has 29 heavy (non-hydrogen) atoms. The number of hydrogen-bond acceptors (Lipinski definition) is 3. The van der Waals surface area contributed by atoms with Crippen LogP contribution in [0.3, 0.4) is 0 Å². The fraction of sp³-hybridized carbons (Fsp3) is 0.143. The minimum absolute atomic E-state index is 0.0304. The SMILES string of the molecule is Cc1c(C(=O)O)ccc(Cl)c1-n1c(C)cc(OCc2ccc(F)cc2F)cc1=O. The van der Waals surface area contributed by atoms with Gasteiger partial charge in [0.05, 0.1) is 16.3 Å². The Labute approximate surface area is 169 Å². The maximum absolute atomic E-state index is 13.7. The predicted octanol–water partition coefficient (Wildman–Crippen LogP) is 4.66. The van der Waals surface area contributed by atoms with Gasteiger partial charge in [-0.05, 0) is 43.7 Å². The van der Waals surface area contributed by atoms with Crippen molar-refractivity contribution in [1.82, 2.24) is 4.57 Å². The molecule has 0 unspecified atom stereocenters. The van der Waals surface area contributed by atoms with Crippen LogP contribution in [-0.2, 0) is 6.61 Å². The van der Waals surface area contributed by atoms with Gasteiger partial charge in [0.2, 0.25) is 0 Å². The second kappa shape index (κ2) is 8.05. The summed E-state index contributed by atoms with van der Waals surface area (Å²) in [4.78, 5) is 24.1. The highest BCUT2D eigenvalue weighted by atomic mass is 35.5. The molecule has 3 rings (SSSR count). The molecule has 1 aromatic heterocycles. The monoisotopic (exact) mass is 419 g/mol. The van der Waals surface area contributed by atoms with Crippen LogP contribution in [0.2, 0.25) is 5.02 Å². The molecule has 1 heterocycles. The minimum Gasteiger partial charge on any atom is -0.489 e. The number of benzene rings is 2. The van der Waals surface area contributed by atoms with Crippen LogP contribution in [0, 0.1) is 25.5 Å². The van der Waals surface area contributed by atoms with E-state index in [2.05, 4.69) is 0 Å². The van der Waals surface area contributed by atoms with E-state index in [1.807, 2.05) is 0 Å². The van der Waals surface area contributed by atoms with E-state index in [1.165, 1.54) is 28.8 Å². The van der Waals surface area contributed by atoms with Crippen molar-refractivity contribution in [1.29, 1.82) is 0 Å². The number of pyridine rings is 1. The van der Waals surface area contributed by atoms with Crippen molar-refractivity contribution >= 4 is 17.6 Å². The van der Waals surface area contributed by atoms with Gasteiger partial charge in [0, 0.05) is 29.5 Å². The van der Waals surface area contributed by atoms with E-state index in [-0.39, 0.29) is 34.2 Å². The predicted molar refractivity (Wildman–Crippen MR) is 104 cm³/mol. The largest absolute Gasteiger partial charge is 0.489 e. The van der Waals surface area contributed by atoms with Gasteiger partial charge < -0.3 is 9.84 Å². The number of carboxylic acids is 1. The van der Waals surface area contributed by atoms with Gasteiger partial charge in [-0.15, -0.1) is 0 Å². The van der Waals surface area contributed by atoms with Gasteiger partial charge in [-0.25, -0.2) is 13.6 Å². The van der Waals surface area contributed by atoms with Gasteiger partial charge >= 0.3 is 5.97 Å². The summed E-state index contributed by atoms with van der Waals surface area (Å²) in [5.74, 6) is -2.38. The molecule has 2 aromatic carbocycles. The van der Waals surface area contributed by atoms with E-state index in [0.717, 1.165) is 12.1 Å². The molecule has 8 heteroatoms. The molecule has 0 aliphatic heterocycles. The van der Waals surface area contributed by atoms with Crippen LogP contribution in [0.4, 0.5) is 8.78 Å². The summed E-state index contributed by atoms with van der Waals surface area (Å²) in [6.07, 6.45) is 0. The number of nitrogens with zero attached hydrogens (tertiary/aromatic N) is 1. The zero-order valence-electron chi connectivity index (χ0n) is 15.5. The molecule has 0 saturated heterocycles. The molecule has 0 atom stereocenters. The number of hydrogen-bond donors (Lipinski definition) is 1. The van der Waals surface area contributed by atoms with Crippen molar-refractivity contribution in [2.24, 2.45) is 0 Å². The van der Waals surface area contributed by atoms with Crippen molar-refractivity contribution in [3.05, 3.63) is 91.9 Å². The highest BCUT2D eigenvalue weighted by molar-refractivity contribution is 6.32. The lowest BCUT2D eigenvalue weighted by molar-refractivity contribution is 0.0696. The number of carboxylic acid groups (broad SMARTS) is 1. The van der Waals surface area contributed by atoms with Crippen LogP contribution in [0.5, 0.6) is 5.75 Å². The van der Waals surface area contributed by atoms with Crippen LogP contribution in [-0.4, -0.2) is 15.6 Å². The Morgan fingerprint density at radius 2 is 1.86 bits per heavy atom. The molecule has 0 fully saturated rings. The van der Waals surface area contributed by atoms with Crippen molar-refractivity contribution in [3.63, 3.8) is 0 Å². The number of aryl methyl sites for hydroxylation is 1. The first kappa shape index (κ1) is 20.5. The number of carbonyl (C=O) groups is 1. The van der Waals surface area contributed by atoms with Gasteiger partial charge in [0.15, 0.2) is 0 Å². The second-order valence-corrected chi connectivity index (χ2v) is 6.81. The Hall–Kier alpha value is -3.19. The standard InChI is InChI=1S/C21H16ClF2NO4/c1-11-7-15(29-10-13-3-4-14(23)8-18(13)24)9-19(26)25(11)20-12(2)16(21(27)28)5-6-17(20)22/h3-9H,10H2,1-2H3,(H,27,28). The molecule has 0 bridgehead atoms. The fourth-order valence-corrected chi connectivity index (χ4v) is 3.30. The lowest BCUT2D eigenvalue weighted by atomic mass is 10.1. The topological polar surface area (TPSA) is 68.5 Å². The van der Waals surface area contributed by atoms with E-state index in [4.69, 9.17) is 16.3 Å². The summed E-state index contributed by atoms with van der Waals surface area (Å²) in [5, 5.41) is 9.55. The van der Waals surface area contributed by atoms with Gasteiger partial charge in [0.25, 0.3) is 5.56 Å². The minimum atomic E-state index is -1.13. The Balaban J connectivity index is 1.98. The molecular weight excluding hydrogens is 404 g/mol. The third-order valence-corrected chi connectivity index (χ3v) is 4.74. The quantitative estimate of drug-likeness (QED) is 0.653. The van der Waals surface area contributed by atoms with Crippen LogP contribution in [0.1, 0.15) is 27.2 Å². The van der Waals surface area contributed by atoms with E-state index in [0.29, 0.717) is 11.3 Å². The Morgan fingerprint density at radius 3 is 2.48 bits per heavy atom. The van der Waals surface area contributed by atoms with Gasteiger partial charge in [-0.2, -0.15) is 0 Å². The number of halogens is 3. The van der Waals surface area contributed by atoms with E-state index in [9.17, 15) is 23.5 Å². The number of ether oxygens (including phenoxy) is 1. The molecule has 5 nitrogen and oxygen atoms in total. The summed E-state index contributed by atoms with van der Waals surface area (Å²) in [6, 6.07) is 8.66. The molecule has 0 saturated carbocycles. The summed E-state index contributed by atoms with van der Waals surface area (Å²) < 4.78 is 33.5. The van der Waals surface area contributed by atoms with Crippen molar-refractivity contribution in [2.45, 2.75) is 20.5 Å². The van der Waals surface area contributed by atoms with E-state index in [1.54, 1.807) is 19.9 Å². The lowest BCUT2D eigenvalue weighted by Gasteiger charge is -2.17. The number of aromatic carboxylic acids is 1. The first-order chi connectivity index (χ1) is 13.7. The van der Waals surface area contributed by atoms with Crippen LogP contribution in [0.15, 0.2) is 47.3 Å². The van der Waals surface area contributed by atoms with Crippen molar-refractivity contribution in [2.75, 3.05) is 0 Å². The average Bonchev–Trinajstić information content (AvgIpc) is 2.62. The molecule has 150 valence electrons. The van der Waals surface area contributed by atoms with E-state index >= 15 is 0 Å². The van der Waals surface area contributed by atoms with Crippen molar-refractivity contribution < 1.29 is 23.4 Å². The first-order valence-corrected chi connectivity index (χ1v) is 8.90. The molecule has 0 spiro atoms. The van der Waals surface area contributed by atoms with Crippen LogP contribution < -0.4 is 10.3 Å². The maximum Gasteiger partial charge on any atom is 0.336 e. The normalized spacial score (nSPS) is 10.8. The third kappa shape index (κ3) is 4.14. The zero-order valence-corrected chi connectivity index (χ0v) is 16.3. The lowest BCUT2D eigenvalue weighted by Crippen LogP contribution is -2.22. The smallest absolute Gasteiger partial charge is 0.336 e. The summed E-state index contributed by atoms with van der Waals surface area (Å²) >= 11 is 6.24. The van der Waals surface area contributed by atoms with Gasteiger partial charge in [0.1, 0.15) is 24.0 Å². The molecule has 1 N–H and O–H groups in total. The van der Waals surface area contributed by atoms with Crippen LogP contribution in [0.25, 0.3) is 5.69 Å². The second-order valence-electron chi connectivity index (χ2n) is 6.40. The highest BCUT2D eigenvalue weighted by Crippen LogP contribution is 2.28. The fourth-order valence-electron chi connectivity index (χ4n) is 3.02. The van der Waals surface area contributed by atoms with Crippen molar-refractivity contribution in [3.8, 4) is 11.4 Å². The third-order valence-electron chi connectivity index (χ3n) is 4.44. The molecule has 0 amide bonds. The number of aromatic nitrogens is 1. The summed E-state index contributed by atoms with van der Waals surface area (Å²) in [7, 11) is 0. The van der Waals surface area contributed by atoms with Gasteiger partial charge in [-0.1, -0.05) is 11.6 Å². The average molecular weight is 420 g/mol. The summed E-state index contributed by atoms with van der Waals surface area (Å²) in [6.45, 7) is 3.01. The zero-order chi connectivity index (χ0) is 21.3. The Morgan fingerprint density at radius 1 is 1.14 bits per heavy atom. The number of rotatable bonds is 5. The Kier molecular flexibility index (Phi) is 5.70. The Bertz CT molecular complexity index is 1170. The van der Waals surface area contributed by atoms with Crippen LogP contribution >= 0.6 is 11.6 Å². The maximum atomic E-state index is 13.7. The highest BCUT2D eigenvalue weighted by Gasteiger charge is 2.18. The molecule has 0 aliphatic carbocycles. The molecular formula is C21H16ClF2NO4. The molecule has 0 aliphatic rings. The molecule has 0 radical (unpaired) electrons. The first-order valence-electron chi connectivity index (χ1n) is 8.52. The van der Waals surface area contributed by atoms with E-state index < -0.39 is 23.2 Å².